The second-order valence-electron chi connectivity index (χ2n) is 5.71. The van der Waals surface area contributed by atoms with Crippen LogP contribution in [0.15, 0.2) is 34.9 Å². The van der Waals surface area contributed by atoms with Gasteiger partial charge in [0.2, 0.25) is 0 Å². The summed E-state index contributed by atoms with van der Waals surface area (Å²) in [5.74, 6) is 1.27. The average molecular weight is 331 g/mol. The van der Waals surface area contributed by atoms with Crippen molar-refractivity contribution in [3.8, 4) is 17.0 Å². The molecule has 0 bridgehead atoms. The summed E-state index contributed by atoms with van der Waals surface area (Å²) in [5.41, 5.74) is 1.49. The van der Waals surface area contributed by atoms with Crippen LogP contribution in [0.5, 0.6) is 5.75 Å². The van der Waals surface area contributed by atoms with Crippen molar-refractivity contribution in [1.29, 1.82) is 0 Å². The van der Waals surface area contributed by atoms with Crippen LogP contribution < -0.4 is 10.1 Å². The highest BCUT2D eigenvalue weighted by Crippen LogP contribution is 2.29. The van der Waals surface area contributed by atoms with Crippen LogP contribution in [0.4, 0.5) is 4.79 Å². The molecule has 128 valence electrons. The normalized spacial score (nSPS) is 17.1. The summed E-state index contributed by atoms with van der Waals surface area (Å²) in [6.45, 7) is 0.906. The number of ether oxygens (including phenoxy) is 1. The number of para-hydroxylation sites is 1. The quantitative estimate of drug-likeness (QED) is 0.875. The third-order valence-corrected chi connectivity index (χ3v) is 4.20. The molecule has 0 unspecified atom stereocenters. The lowest BCUT2D eigenvalue weighted by Gasteiger charge is -2.22. The maximum absolute atomic E-state index is 12.2. The molecule has 2 N–H and O–H groups in total. The fourth-order valence-corrected chi connectivity index (χ4v) is 2.94. The van der Waals surface area contributed by atoms with Gasteiger partial charge in [-0.2, -0.15) is 0 Å². The highest BCUT2D eigenvalue weighted by molar-refractivity contribution is 5.75. The molecule has 24 heavy (non-hydrogen) atoms. The summed E-state index contributed by atoms with van der Waals surface area (Å²) in [6.07, 6.45) is 1.75. The minimum Gasteiger partial charge on any atom is -0.496 e. The molecule has 2 amide bonds. The van der Waals surface area contributed by atoms with E-state index in [1.165, 1.54) is 0 Å². The molecule has 1 aromatic carbocycles. The molecule has 1 saturated heterocycles. The Bertz CT molecular complexity index is 701. The van der Waals surface area contributed by atoms with Crippen LogP contribution in [-0.2, 0) is 6.54 Å². The first-order valence-electron chi connectivity index (χ1n) is 7.97. The Balaban J connectivity index is 1.63. The van der Waals surface area contributed by atoms with Gasteiger partial charge in [-0.1, -0.05) is 17.3 Å². The van der Waals surface area contributed by atoms with E-state index in [4.69, 9.17) is 9.26 Å². The van der Waals surface area contributed by atoms with E-state index in [2.05, 4.69) is 10.5 Å². The lowest BCUT2D eigenvalue weighted by atomic mass is 10.1. The zero-order chi connectivity index (χ0) is 16.9. The largest absolute Gasteiger partial charge is 0.496 e. The zero-order valence-electron chi connectivity index (χ0n) is 13.6. The number of rotatable bonds is 5. The number of hydrogen-bond donors (Lipinski definition) is 2. The first-order chi connectivity index (χ1) is 11.7. The molecule has 3 rings (SSSR count). The van der Waals surface area contributed by atoms with Crippen molar-refractivity contribution in [2.45, 2.75) is 25.4 Å². The number of benzene rings is 1. The Labute approximate surface area is 140 Å². The number of nitrogens with one attached hydrogen (secondary N) is 1. The molecule has 1 aliphatic heterocycles. The average Bonchev–Trinajstić information content (AvgIpc) is 3.28. The summed E-state index contributed by atoms with van der Waals surface area (Å²) < 4.78 is 10.6. The van der Waals surface area contributed by atoms with E-state index in [-0.39, 0.29) is 25.2 Å². The van der Waals surface area contributed by atoms with Crippen molar-refractivity contribution >= 4 is 6.03 Å². The van der Waals surface area contributed by atoms with Gasteiger partial charge in [-0.05, 0) is 25.0 Å². The third-order valence-electron chi connectivity index (χ3n) is 4.20. The summed E-state index contributed by atoms with van der Waals surface area (Å²) in [7, 11) is 1.60. The van der Waals surface area contributed by atoms with Crippen molar-refractivity contribution < 1.29 is 19.2 Å². The standard InChI is InChI=1S/C17H21N3O4/c1-23-16-7-3-2-6-14(16)15-9-13(24-19-15)10-18-17(22)20-8-4-5-12(20)11-21/h2-3,6-7,9,12,21H,4-5,8,10-11H2,1H3,(H,18,22)/t12-/m1/s1. The van der Waals surface area contributed by atoms with Crippen molar-refractivity contribution in [1.82, 2.24) is 15.4 Å². The van der Waals surface area contributed by atoms with Gasteiger partial charge in [-0.25, -0.2) is 4.79 Å². The van der Waals surface area contributed by atoms with Crippen LogP contribution >= 0.6 is 0 Å². The van der Waals surface area contributed by atoms with Crippen LogP contribution in [0.25, 0.3) is 11.3 Å². The van der Waals surface area contributed by atoms with E-state index >= 15 is 0 Å². The topological polar surface area (TPSA) is 87.8 Å². The SMILES string of the molecule is COc1ccccc1-c1cc(CNC(=O)N2CCC[C@@H]2CO)on1. The predicted molar refractivity (Wildman–Crippen MR) is 87.5 cm³/mol. The Morgan fingerprint density at radius 2 is 2.33 bits per heavy atom. The second kappa shape index (κ2) is 7.35. The van der Waals surface area contributed by atoms with Crippen molar-refractivity contribution in [3.05, 3.63) is 36.1 Å². The fraction of sp³-hybridized carbons (Fsp3) is 0.412. The van der Waals surface area contributed by atoms with Gasteiger partial charge in [0.15, 0.2) is 5.76 Å². The maximum Gasteiger partial charge on any atom is 0.318 e. The summed E-state index contributed by atoms with van der Waals surface area (Å²) >= 11 is 0. The molecule has 2 heterocycles. The molecule has 7 nitrogen and oxygen atoms in total. The van der Waals surface area contributed by atoms with Gasteiger partial charge in [-0.15, -0.1) is 0 Å². The lowest BCUT2D eigenvalue weighted by molar-refractivity contribution is 0.156. The molecular formula is C17H21N3O4. The van der Waals surface area contributed by atoms with E-state index in [1.807, 2.05) is 24.3 Å². The van der Waals surface area contributed by atoms with E-state index in [0.717, 1.165) is 18.4 Å². The number of carbonyl (C=O) groups is 1. The number of amides is 2. The molecule has 0 saturated carbocycles. The Morgan fingerprint density at radius 3 is 3.12 bits per heavy atom. The Morgan fingerprint density at radius 1 is 1.50 bits per heavy atom. The highest BCUT2D eigenvalue weighted by atomic mass is 16.5. The molecule has 2 aromatic rings. The van der Waals surface area contributed by atoms with Gasteiger partial charge in [0.05, 0.1) is 26.3 Å². The van der Waals surface area contributed by atoms with Crippen molar-refractivity contribution in [3.63, 3.8) is 0 Å². The van der Waals surface area contributed by atoms with Crippen LogP contribution in [0.3, 0.4) is 0 Å². The van der Waals surface area contributed by atoms with Gasteiger partial charge in [0.1, 0.15) is 11.4 Å². The molecule has 0 aliphatic carbocycles. The van der Waals surface area contributed by atoms with E-state index in [0.29, 0.717) is 23.7 Å². The number of aliphatic hydroxyl groups excluding tert-OH is 1. The summed E-state index contributed by atoms with van der Waals surface area (Å²) in [5, 5.41) is 16.1. The highest BCUT2D eigenvalue weighted by Gasteiger charge is 2.27. The molecule has 7 heteroatoms. The number of urea groups is 1. The lowest BCUT2D eigenvalue weighted by Crippen LogP contribution is -2.43. The number of nitrogens with zero attached hydrogens (tertiary/aromatic N) is 2. The van der Waals surface area contributed by atoms with Gasteiger partial charge in [0, 0.05) is 18.2 Å². The maximum atomic E-state index is 12.2. The summed E-state index contributed by atoms with van der Waals surface area (Å²) in [4.78, 5) is 13.9. The number of aromatic nitrogens is 1. The first kappa shape index (κ1) is 16.3. The number of aliphatic hydroxyl groups is 1. The first-order valence-corrected chi connectivity index (χ1v) is 7.97. The fourth-order valence-electron chi connectivity index (χ4n) is 2.94. The van der Waals surface area contributed by atoms with E-state index < -0.39 is 0 Å². The van der Waals surface area contributed by atoms with Gasteiger partial charge in [-0.3, -0.25) is 0 Å². The number of methoxy groups -OCH3 is 1. The summed E-state index contributed by atoms with van der Waals surface area (Å²) in [6, 6.07) is 9.04. The molecule has 0 radical (unpaired) electrons. The monoisotopic (exact) mass is 331 g/mol. The van der Waals surface area contributed by atoms with Crippen molar-refractivity contribution in [2.24, 2.45) is 0 Å². The van der Waals surface area contributed by atoms with Crippen LogP contribution in [0, 0.1) is 0 Å². The Kier molecular flexibility index (Phi) is 5.00. The second-order valence-corrected chi connectivity index (χ2v) is 5.71. The smallest absolute Gasteiger partial charge is 0.318 e. The van der Waals surface area contributed by atoms with Crippen LogP contribution in [0.1, 0.15) is 18.6 Å². The van der Waals surface area contributed by atoms with Gasteiger partial charge >= 0.3 is 6.03 Å². The number of likely N-dealkylation sites (tertiary alicyclic amines) is 1. The minimum atomic E-state index is -0.193. The van der Waals surface area contributed by atoms with Crippen LogP contribution in [-0.4, -0.2) is 47.5 Å². The molecule has 1 fully saturated rings. The number of carbonyl (C=O) groups excluding carboxylic acids is 1. The van der Waals surface area contributed by atoms with Gasteiger partial charge < -0.3 is 24.6 Å². The van der Waals surface area contributed by atoms with Gasteiger partial charge in [0.25, 0.3) is 0 Å². The minimum absolute atomic E-state index is 0.00627. The molecule has 1 aliphatic rings. The molecular weight excluding hydrogens is 310 g/mol. The van der Waals surface area contributed by atoms with E-state index in [1.54, 1.807) is 18.1 Å². The molecule has 0 spiro atoms. The number of hydrogen-bond acceptors (Lipinski definition) is 5. The molecule has 1 aromatic heterocycles. The van der Waals surface area contributed by atoms with Crippen LogP contribution in [0.2, 0.25) is 0 Å². The van der Waals surface area contributed by atoms with E-state index in [9.17, 15) is 9.90 Å². The zero-order valence-corrected chi connectivity index (χ0v) is 13.6. The van der Waals surface area contributed by atoms with Crippen molar-refractivity contribution in [2.75, 3.05) is 20.3 Å². The third kappa shape index (κ3) is 3.35. The Hall–Kier alpha value is -2.54. The molecule has 1 atom stereocenters. The predicted octanol–water partition coefficient (Wildman–Crippen LogP) is 2.02.